The summed E-state index contributed by atoms with van der Waals surface area (Å²) >= 11 is 7.44. The summed E-state index contributed by atoms with van der Waals surface area (Å²) in [5, 5.41) is 10.8. The normalized spacial score (nSPS) is 18.4. The molecule has 0 bridgehead atoms. The molecule has 2 saturated carbocycles. The highest BCUT2D eigenvalue weighted by molar-refractivity contribution is 7.99. The summed E-state index contributed by atoms with van der Waals surface area (Å²) < 4.78 is 2.29. The number of nitrogen functional groups attached to an aromatic ring is 1. The van der Waals surface area contributed by atoms with Crippen molar-refractivity contribution in [2.24, 2.45) is 0 Å². The number of anilines is 1. The predicted molar refractivity (Wildman–Crippen MR) is 78.1 cm³/mol. The van der Waals surface area contributed by atoms with Crippen LogP contribution < -0.4 is 5.73 Å². The first-order chi connectivity index (χ1) is 9.70. The number of aromatic nitrogens is 4. The minimum absolute atomic E-state index is 0.410. The maximum Gasteiger partial charge on any atom is 0.197 e. The van der Waals surface area contributed by atoms with E-state index in [-0.39, 0.29) is 0 Å². The lowest BCUT2D eigenvalue weighted by Crippen LogP contribution is -2.02. The van der Waals surface area contributed by atoms with Crippen molar-refractivity contribution < 1.29 is 0 Å². The molecule has 104 valence electrons. The van der Waals surface area contributed by atoms with Crippen LogP contribution >= 0.6 is 23.4 Å². The molecule has 7 heteroatoms. The van der Waals surface area contributed by atoms with Gasteiger partial charge in [-0.1, -0.05) is 11.6 Å². The van der Waals surface area contributed by atoms with Gasteiger partial charge in [0.25, 0.3) is 0 Å². The third-order valence-electron chi connectivity index (χ3n) is 3.53. The number of nitrogens with zero attached hydrogens (tertiary/aromatic N) is 4. The monoisotopic (exact) mass is 307 g/mol. The zero-order chi connectivity index (χ0) is 13.7. The van der Waals surface area contributed by atoms with Crippen LogP contribution in [-0.2, 0) is 0 Å². The Morgan fingerprint density at radius 1 is 1.20 bits per heavy atom. The van der Waals surface area contributed by atoms with Gasteiger partial charge in [-0.2, -0.15) is 0 Å². The van der Waals surface area contributed by atoms with E-state index in [9.17, 15) is 0 Å². The number of pyridine rings is 1. The molecule has 2 heterocycles. The third-order valence-corrected chi connectivity index (χ3v) is 4.61. The van der Waals surface area contributed by atoms with E-state index in [0.29, 0.717) is 22.8 Å². The van der Waals surface area contributed by atoms with Crippen LogP contribution in [0.25, 0.3) is 0 Å². The molecule has 2 aromatic rings. The highest BCUT2D eigenvalue weighted by Gasteiger charge is 2.36. The van der Waals surface area contributed by atoms with Gasteiger partial charge in [0.1, 0.15) is 16.0 Å². The molecule has 0 atom stereocenters. The lowest BCUT2D eigenvalue weighted by Gasteiger charge is -2.08. The van der Waals surface area contributed by atoms with E-state index >= 15 is 0 Å². The maximum atomic E-state index is 5.95. The van der Waals surface area contributed by atoms with Crippen LogP contribution in [0.15, 0.2) is 22.3 Å². The first kappa shape index (κ1) is 12.5. The molecule has 2 fully saturated rings. The molecule has 2 aliphatic rings. The summed E-state index contributed by atoms with van der Waals surface area (Å²) in [5.74, 6) is 1.75. The zero-order valence-corrected chi connectivity index (χ0v) is 12.4. The lowest BCUT2D eigenvalue weighted by atomic mass is 10.4. The molecule has 0 unspecified atom stereocenters. The van der Waals surface area contributed by atoms with E-state index in [1.807, 2.05) is 6.07 Å². The average molecular weight is 308 g/mol. The van der Waals surface area contributed by atoms with Crippen molar-refractivity contribution >= 4 is 29.1 Å². The van der Waals surface area contributed by atoms with Crippen LogP contribution in [0.1, 0.15) is 43.5 Å². The van der Waals surface area contributed by atoms with Crippen LogP contribution in [0, 0.1) is 0 Å². The summed E-state index contributed by atoms with van der Waals surface area (Å²) in [4.78, 5) is 4.29. The second-order valence-electron chi connectivity index (χ2n) is 5.38. The molecule has 0 saturated heterocycles. The summed E-state index contributed by atoms with van der Waals surface area (Å²) in [6.45, 7) is 0. The quantitative estimate of drug-likeness (QED) is 0.878. The van der Waals surface area contributed by atoms with Gasteiger partial charge in [0, 0.05) is 17.6 Å². The van der Waals surface area contributed by atoms with Gasteiger partial charge in [0.2, 0.25) is 0 Å². The Morgan fingerprint density at radius 3 is 2.65 bits per heavy atom. The maximum absolute atomic E-state index is 5.95. The van der Waals surface area contributed by atoms with Crippen LogP contribution in [0.3, 0.4) is 0 Å². The van der Waals surface area contributed by atoms with Gasteiger partial charge in [-0.25, -0.2) is 4.98 Å². The molecule has 2 aliphatic carbocycles. The lowest BCUT2D eigenvalue weighted by molar-refractivity contribution is 0.626. The Labute approximate surface area is 125 Å². The molecular formula is C13H14ClN5S. The second kappa shape index (κ2) is 4.63. The molecule has 0 aromatic carbocycles. The van der Waals surface area contributed by atoms with Gasteiger partial charge in [0.05, 0.1) is 0 Å². The average Bonchev–Trinajstić information content (AvgIpc) is 3.28. The minimum atomic E-state index is 0.410. The van der Waals surface area contributed by atoms with E-state index in [2.05, 4.69) is 19.7 Å². The van der Waals surface area contributed by atoms with Crippen LogP contribution in [0.5, 0.6) is 0 Å². The van der Waals surface area contributed by atoms with Crippen LogP contribution in [0.2, 0.25) is 5.15 Å². The molecule has 2 N–H and O–H groups in total. The van der Waals surface area contributed by atoms with Gasteiger partial charge < -0.3 is 10.3 Å². The molecular weight excluding hydrogens is 294 g/mol. The van der Waals surface area contributed by atoms with Gasteiger partial charge in [-0.05, 0) is 49.6 Å². The SMILES string of the molecule is Nc1cc(Cl)nc(Sc2nnc(C3CC3)n2C2CC2)c1. The Balaban J connectivity index is 1.68. The van der Waals surface area contributed by atoms with Crippen molar-refractivity contribution in [3.8, 4) is 0 Å². The molecule has 4 rings (SSSR count). The van der Waals surface area contributed by atoms with Gasteiger partial charge >= 0.3 is 0 Å². The molecule has 20 heavy (non-hydrogen) atoms. The first-order valence-electron chi connectivity index (χ1n) is 6.76. The highest BCUT2D eigenvalue weighted by Crippen LogP contribution is 2.46. The third kappa shape index (κ3) is 2.38. The standard InChI is InChI=1S/C13H14ClN5S/c14-10-5-8(15)6-11(16-10)20-13-18-17-12(7-1-2-7)19(13)9-3-4-9/h5-7,9H,1-4H2,(H2,15,16). The van der Waals surface area contributed by atoms with Crippen molar-refractivity contribution in [1.29, 1.82) is 0 Å². The number of halogens is 1. The number of rotatable bonds is 4. The van der Waals surface area contributed by atoms with Crippen molar-refractivity contribution in [3.05, 3.63) is 23.1 Å². The van der Waals surface area contributed by atoms with Gasteiger partial charge in [-0.3, -0.25) is 0 Å². The summed E-state index contributed by atoms with van der Waals surface area (Å²) in [6, 6.07) is 4.03. The van der Waals surface area contributed by atoms with E-state index < -0.39 is 0 Å². The summed E-state index contributed by atoms with van der Waals surface area (Å²) in [6.07, 6.45) is 4.91. The van der Waals surface area contributed by atoms with Crippen molar-refractivity contribution in [2.75, 3.05) is 5.73 Å². The highest BCUT2D eigenvalue weighted by atomic mass is 35.5. The number of nitrogens with two attached hydrogens (primary N) is 1. The van der Waals surface area contributed by atoms with E-state index in [1.54, 1.807) is 6.07 Å². The fraction of sp³-hybridized carbons (Fsp3) is 0.462. The molecule has 0 spiro atoms. The topological polar surface area (TPSA) is 69.6 Å². The predicted octanol–water partition coefficient (Wildman–Crippen LogP) is 3.27. The first-order valence-corrected chi connectivity index (χ1v) is 7.96. The fourth-order valence-corrected chi connectivity index (χ4v) is 3.51. The Kier molecular flexibility index (Phi) is 2.89. The largest absolute Gasteiger partial charge is 0.399 e. The van der Waals surface area contributed by atoms with Crippen LogP contribution in [0.4, 0.5) is 5.69 Å². The molecule has 2 aromatic heterocycles. The molecule has 0 radical (unpaired) electrons. The van der Waals surface area contributed by atoms with Crippen molar-refractivity contribution in [1.82, 2.24) is 19.7 Å². The number of hydrogen-bond acceptors (Lipinski definition) is 5. The van der Waals surface area contributed by atoms with Crippen molar-refractivity contribution in [2.45, 2.75) is 47.8 Å². The van der Waals surface area contributed by atoms with Gasteiger partial charge in [0.15, 0.2) is 5.16 Å². The van der Waals surface area contributed by atoms with E-state index in [4.69, 9.17) is 17.3 Å². The summed E-state index contributed by atoms with van der Waals surface area (Å²) in [7, 11) is 0. The Bertz CT molecular complexity index is 643. The Morgan fingerprint density at radius 2 is 2.00 bits per heavy atom. The van der Waals surface area contributed by atoms with E-state index in [1.165, 1.54) is 37.4 Å². The minimum Gasteiger partial charge on any atom is -0.399 e. The zero-order valence-electron chi connectivity index (χ0n) is 10.8. The smallest absolute Gasteiger partial charge is 0.197 e. The fourth-order valence-electron chi connectivity index (χ4n) is 2.29. The van der Waals surface area contributed by atoms with Crippen LogP contribution in [-0.4, -0.2) is 19.7 Å². The summed E-state index contributed by atoms with van der Waals surface area (Å²) in [5.41, 5.74) is 6.42. The van der Waals surface area contributed by atoms with E-state index in [0.717, 1.165) is 16.0 Å². The second-order valence-corrected chi connectivity index (χ2v) is 6.75. The van der Waals surface area contributed by atoms with Crippen molar-refractivity contribution in [3.63, 3.8) is 0 Å². The number of hydrogen-bond donors (Lipinski definition) is 1. The Hall–Kier alpha value is -1.27. The molecule has 0 aliphatic heterocycles. The van der Waals surface area contributed by atoms with Gasteiger partial charge in [-0.15, -0.1) is 10.2 Å². The molecule has 5 nitrogen and oxygen atoms in total. The molecule has 0 amide bonds.